The first-order valence-electron chi connectivity index (χ1n) is 6.90. The van der Waals surface area contributed by atoms with E-state index in [1.54, 1.807) is 24.5 Å². The molecule has 2 heterocycles. The first-order valence-corrected chi connectivity index (χ1v) is 9.03. The zero-order valence-electron chi connectivity index (χ0n) is 12.3. The van der Waals surface area contributed by atoms with Gasteiger partial charge in [-0.25, -0.2) is 9.38 Å². The van der Waals surface area contributed by atoms with Crippen LogP contribution >= 0.6 is 34.3 Å². The van der Waals surface area contributed by atoms with E-state index in [1.807, 2.05) is 11.4 Å². The normalized spacial score (nSPS) is 12.0. The van der Waals surface area contributed by atoms with E-state index in [-0.39, 0.29) is 5.02 Å². The smallest absolute Gasteiger partial charge is 0.190 e. The Kier molecular flexibility index (Phi) is 5.27. The summed E-state index contributed by atoms with van der Waals surface area (Å²) in [6.45, 7) is 1.26. The SMILES string of the molecule is COCCn1c(-c2cccs2)csc1=Nc1ccc(Cl)c(F)c1. The van der Waals surface area contributed by atoms with E-state index in [4.69, 9.17) is 16.3 Å². The van der Waals surface area contributed by atoms with E-state index in [0.717, 1.165) is 10.5 Å². The van der Waals surface area contributed by atoms with E-state index in [0.29, 0.717) is 18.8 Å². The third kappa shape index (κ3) is 3.72. The largest absolute Gasteiger partial charge is 0.383 e. The van der Waals surface area contributed by atoms with Gasteiger partial charge in [0.2, 0.25) is 0 Å². The molecule has 7 heteroatoms. The first kappa shape index (κ1) is 16.4. The van der Waals surface area contributed by atoms with Crippen molar-refractivity contribution < 1.29 is 9.13 Å². The highest BCUT2D eigenvalue weighted by Gasteiger charge is 2.09. The number of nitrogens with zero attached hydrogens (tertiary/aromatic N) is 2. The summed E-state index contributed by atoms with van der Waals surface area (Å²) in [5.41, 5.74) is 1.63. The Morgan fingerprint density at radius 1 is 1.30 bits per heavy atom. The van der Waals surface area contributed by atoms with Gasteiger partial charge in [-0.15, -0.1) is 22.7 Å². The maximum Gasteiger partial charge on any atom is 0.190 e. The van der Waals surface area contributed by atoms with Crippen molar-refractivity contribution in [1.29, 1.82) is 0 Å². The number of thiazole rings is 1. The van der Waals surface area contributed by atoms with Crippen LogP contribution in [-0.4, -0.2) is 18.3 Å². The maximum absolute atomic E-state index is 13.6. The molecule has 2 aromatic heterocycles. The van der Waals surface area contributed by atoms with E-state index in [9.17, 15) is 4.39 Å². The summed E-state index contributed by atoms with van der Waals surface area (Å²) in [6.07, 6.45) is 0. The molecule has 120 valence electrons. The van der Waals surface area contributed by atoms with Crippen LogP contribution in [0.15, 0.2) is 46.1 Å². The van der Waals surface area contributed by atoms with Gasteiger partial charge in [0.25, 0.3) is 0 Å². The molecule has 0 aliphatic rings. The lowest BCUT2D eigenvalue weighted by Crippen LogP contribution is -2.18. The molecule has 0 fully saturated rings. The fraction of sp³-hybridized carbons (Fsp3) is 0.188. The summed E-state index contributed by atoms with van der Waals surface area (Å²) in [7, 11) is 1.67. The molecule has 0 N–H and O–H groups in total. The van der Waals surface area contributed by atoms with E-state index >= 15 is 0 Å². The number of hydrogen-bond donors (Lipinski definition) is 0. The average molecular weight is 369 g/mol. The van der Waals surface area contributed by atoms with Gasteiger partial charge < -0.3 is 9.30 Å². The molecule has 0 radical (unpaired) electrons. The third-order valence-electron chi connectivity index (χ3n) is 3.22. The van der Waals surface area contributed by atoms with Crippen molar-refractivity contribution >= 4 is 40.0 Å². The first-order chi connectivity index (χ1) is 11.2. The Hall–Kier alpha value is -1.47. The number of methoxy groups -OCH3 is 1. The summed E-state index contributed by atoms with van der Waals surface area (Å²) in [5.74, 6) is -0.466. The number of rotatable bonds is 5. The van der Waals surface area contributed by atoms with Crippen molar-refractivity contribution in [2.75, 3.05) is 13.7 Å². The fourth-order valence-electron chi connectivity index (χ4n) is 2.10. The number of hydrogen-bond acceptors (Lipinski definition) is 4. The molecule has 0 saturated heterocycles. The van der Waals surface area contributed by atoms with Crippen LogP contribution in [0.2, 0.25) is 5.02 Å². The molecular formula is C16H14ClFN2OS2. The van der Waals surface area contributed by atoms with E-state index in [2.05, 4.69) is 21.0 Å². The minimum absolute atomic E-state index is 0.0988. The maximum atomic E-state index is 13.6. The van der Waals surface area contributed by atoms with Gasteiger partial charge in [-0.1, -0.05) is 17.7 Å². The Morgan fingerprint density at radius 2 is 2.17 bits per heavy atom. The molecule has 0 saturated carbocycles. The Labute approximate surface area is 146 Å². The summed E-state index contributed by atoms with van der Waals surface area (Å²) >= 11 is 8.92. The monoisotopic (exact) mass is 368 g/mol. The van der Waals surface area contributed by atoms with E-state index < -0.39 is 5.82 Å². The molecule has 3 aromatic rings. The average Bonchev–Trinajstić information content (AvgIpc) is 3.18. The second-order valence-corrected chi connectivity index (χ2v) is 6.93. The van der Waals surface area contributed by atoms with Gasteiger partial charge in [-0.05, 0) is 23.6 Å². The predicted molar refractivity (Wildman–Crippen MR) is 94.1 cm³/mol. The molecule has 0 bridgehead atoms. The molecule has 0 atom stereocenters. The third-order valence-corrected chi connectivity index (χ3v) is 5.28. The Balaban J connectivity index is 2.07. The number of halogens is 2. The van der Waals surface area contributed by atoms with E-state index in [1.165, 1.54) is 28.3 Å². The number of benzene rings is 1. The van der Waals surface area contributed by atoms with Crippen molar-refractivity contribution in [2.45, 2.75) is 6.54 Å². The van der Waals surface area contributed by atoms with Gasteiger partial charge in [0.05, 0.1) is 27.9 Å². The zero-order chi connectivity index (χ0) is 16.2. The minimum Gasteiger partial charge on any atom is -0.383 e. The Morgan fingerprint density at radius 3 is 2.87 bits per heavy atom. The molecule has 1 aromatic carbocycles. The highest BCUT2D eigenvalue weighted by Crippen LogP contribution is 2.26. The van der Waals surface area contributed by atoms with Crippen LogP contribution in [0.4, 0.5) is 10.1 Å². The standard InChI is InChI=1S/C16H14ClFN2OS2/c1-21-7-6-20-14(15-3-2-8-22-15)10-23-16(20)19-11-4-5-12(17)13(18)9-11/h2-5,8-10H,6-7H2,1H3. The predicted octanol–water partition coefficient (Wildman–Crippen LogP) is 4.95. The topological polar surface area (TPSA) is 26.5 Å². The molecule has 0 aliphatic heterocycles. The quantitative estimate of drug-likeness (QED) is 0.625. The molecular weight excluding hydrogens is 355 g/mol. The van der Waals surface area contributed by atoms with Crippen LogP contribution in [0.1, 0.15) is 0 Å². The van der Waals surface area contributed by atoms with Crippen LogP contribution < -0.4 is 4.80 Å². The highest BCUT2D eigenvalue weighted by atomic mass is 35.5. The van der Waals surface area contributed by atoms with Gasteiger partial charge in [-0.2, -0.15) is 0 Å². The number of thiophene rings is 1. The molecule has 0 aliphatic carbocycles. The van der Waals surface area contributed by atoms with Crippen molar-refractivity contribution in [3.05, 3.63) is 56.7 Å². The lowest BCUT2D eigenvalue weighted by atomic mass is 10.3. The van der Waals surface area contributed by atoms with Crippen LogP contribution in [0.3, 0.4) is 0 Å². The second kappa shape index (κ2) is 7.40. The highest BCUT2D eigenvalue weighted by molar-refractivity contribution is 7.14. The Bertz CT molecular complexity index is 855. The minimum atomic E-state index is -0.466. The van der Waals surface area contributed by atoms with Crippen molar-refractivity contribution in [3.63, 3.8) is 0 Å². The number of aromatic nitrogens is 1. The van der Waals surface area contributed by atoms with Gasteiger partial charge in [0, 0.05) is 25.1 Å². The van der Waals surface area contributed by atoms with Crippen molar-refractivity contribution in [2.24, 2.45) is 4.99 Å². The molecule has 0 spiro atoms. The summed E-state index contributed by atoms with van der Waals surface area (Å²) in [6, 6.07) is 8.65. The molecule has 0 amide bonds. The lowest BCUT2D eigenvalue weighted by molar-refractivity contribution is 0.187. The molecule has 0 unspecified atom stereocenters. The summed E-state index contributed by atoms with van der Waals surface area (Å²) < 4.78 is 20.9. The zero-order valence-corrected chi connectivity index (χ0v) is 14.7. The lowest BCUT2D eigenvalue weighted by Gasteiger charge is -2.07. The second-order valence-electron chi connectivity index (χ2n) is 4.74. The summed E-state index contributed by atoms with van der Waals surface area (Å²) in [4.78, 5) is 6.52. The van der Waals surface area contributed by atoms with Gasteiger partial charge in [0.1, 0.15) is 5.82 Å². The van der Waals surface area contributed by atoms with Crippen molar-refractivity contribution in [1.82, 2.24) is 4.57 Å². The fourth-order valence-corrected chi connectivity index (χ4v) is 3.99. The van der Waals surface area contributed by atoms with Gasteiger partial charge >= 0.3 is 0 Å². The van der Waals surface area contributed by atoms with Crippen LogP contribution in [0, 0.1) is 5.82 Å². The summed E-state index contributed by atoms with van der Waals surface area (Å²) in [5, 5.41) is 4.20. The molecule has 3 nitrogen and oxygen atoms in total. The van der Waals surface area contributed by atoms with Crippen LogP contribution in [-0.2, 0) is 11.3 Å². The van der Waals surface area contributed by atoms with Gasteiger partial charge in [0.15, 0.2) is 4.80 Å². The molecule has 23 heavy (non-hydrogen) atoms. The van der Waals surface area contributed by atoms with Gasteiger partial charge in [-0.3, -0.25) is 0 Å². The van der Waals surface area contributed by atoms with Crippen LogP contribution in [0.25, 0.3) is 10.6 Å². The number of ether oxygens (including phenoxy) is 1. The van der Waals surface area contributed by atoms with Crippen molar-refractivity contribution in [3.8, 4) is 10.6 Å². The van der Waals surface area contributed by atoms with Crippen LogP contribution in [0.5, 0.6) is 0 Å². The molecule has 3 rings (SSSR count).